The number of ether oxygens (including phenoxy) is 1. The van der Waals surface area contributed by atoms with Crippen molar-refractivity contribution in [3.05, 3.63) is 24.3 Å². The van der Waals surface area contributed by atoms with Crippen LogP contribution < -0.4 is 9.64 Å². The van der Waals surface area contributed by atoms with Gasteiger partial charge in [-0.05, 0) is 43.5 Å². The summed E-state index contributed by atoms with van der Waals surface area (Å²) in [6.07, 6.45) is 3.51. The smallest absolute Gasteiger partial charge is 0.236 e. The lowest BCUT2D eigenvalue weighted by molar-refractivity contribution is -0.135. The van der Waals surface area contributed by atoms with Gasteiger partial charge in [-0.15, -0.1) is 0 Å². The Kier molecular flexibility index (Phi) is 7.86. The molecule has 8 nitrogen and oxygen atoms in total. The lowest BCUT2D eigenvalue weighted by atomic mass is 10.1. The van der Waals surface area contributed by atoms with Crippen molar-refractivity contribution in [3.63, 3.8) is 0 Å². The average molecular weight is 444 g/mol. The van der Waals surface area contributed by atoms with Gasteiger partial charge in [-0.3, -0.25) is 19.4 Å². The van der Waals surface area contributed by atoms with Gasteiger partial charge in [0.25, 0.3) is 0 Å². The average Bonchev–Trinajstić information content (AvgIpc) is 2.86. The molecule has 3 aliphatic rings. The van der Waals surface area contributed by atoms with Crippen molar-refractivity contribution in [2.24, 2.45) is 0 Å². The summed E-state index contributed by atoms with van der Waals surface area (Å²) in [6.45, 7) is 9.48. The first-order valence-electron chi connectivity index (χ1n) is 12.0. The summed E-state index contributed by atoms with van der Waals surface area (Å²) < 4.78 is 5.23. The molecule has 1 aromatic rings. The monoisotopic (exact) mass is 443 g/mol. The first-order valence-corrected chi connectivity index (χ1v) is 12.0. The van der Waals surface area contributed by atoms with Crippen molar-refractivity contribution in [2.45, 2.75) is 19.3 Å². The van der Waals surface area contributed by atoms with E-state index in [9.17, 15) is 9.59 Å². The summed E-state index contributed by atoms with van der Waals surface area (Å²) in [6, 6.07) is 8.11. The zero-order valence-corrected chi connectivity index (χ0v) is 19.4. The number of benzene rings is 1. The van der Waals surface area contributed by atoms with Crippen LogP contribution in [0.3, 0.4) is 0 Å². The van der Waals surface area contributed by atoms with Gasteiger partial charge >= 0.3 is 0 Å². The van der Waals surface area contributed by atoms with E-state index in [4.69, 9.17) is 4.74 Å². The first kappa shape index (κ1) is 22.9. The maximum atomic E-state index is 12.8. The second-order valence-corrected chi connectivity index (χ2v) is 9.06. The van der Waals surface area contributed by atoms with E-state index in [0.717, 1.165) is 84.0 Å². The van der Waals surface area contributed by atoms with Crippen LogP contribution in [0.1, 0.15) is 19.3 Å². The molecule has 3 heterocycles. The number of piperidine rings is 1. The van der Waals surface area contributed by atoms with Gasteiger partial charge in [0.15, 0.2) is 0 Å². The highest BCUT2D eigenvalue weighted by Gasteiger charge is 2.26. The Bertz CT molecular complexity index is 749. The normalized spacial score (nSPS) is 21.0. The highest BCUT2D eigenvalue weighted by molar-refractivity contribution is 5.79. The highest BCUT2D eigenvalue weighted by atomic mass is 16.5. The predicted molar refractivity (Wildman–Crippen MR) is 125 cm³/mol. The van der Waals surface area contributed by atoms with Gasteiger partial charge in [-0.1, -0.05) is 0 Å². The molecule has 4 rings (SSSR count). The summed E-state index contributed by atoms with van der Waals surface area (Å²) in [7, 11) is 1.68. The van der Waals surface area contributed by atoms with Crippen LogP contribution in [0.4, 0.5) is 5.69 Å². The quantitative estimate of drug-likeness (QED) is 0.653. The second kappa shape index (κ2) is 11.0. The summed E-state index contributed by atoms with van der Waals surface area (Å²) >= 11 is 0. The van der Waals surface area contributed by atoms with Crippen molar-refractivity contribution in [1.82, 2.24) is 19.6 Å². The number of piperazine rings is 2. The number of hydrogen-bond donors (Lipinski definition) is 0. The fourth-order valence-electron chi connectivity index (χ4n) is 4.84. The summed E-state index contributed by atoms with van der Waals surface area (Å²) in [5.74, 6) is 1.35. The fraction of sp³-hybridized carbons (Fsp3) is 0.667. The number of nitrogens with zero attached hydrogens (tertiary/aromatic N) is 5. The van der Waals surface area contributed by atoms with E-state index >= 15 is 0 Å². The molecule has 0 bridgehead atoms. The lowest BCUT2D eigenvalue weighted by Crippen LogP contribution is -2.54. The molecule has 3 aliphatic heterocycles. The highest BCUT2D eigenvalue weighted by Crippen LogP contribution is 2.20. The molecule has 0 aliphatic carbocycles. The Hall–Kier alpha value is -2.32. The van der Waals surface area contributed by atoms with Gasteiger partial charge in [0.1, 0.15) is 5.75 Å². The number of amides is 2. The van der Waals surface area contributed by atoms with Gasteiger partial charge in [-0.2, -0.15) is 0 Å². The number of carbonyl (C=O) groups excluding carboxylic acids is 2. The Morgan fingerprint density at radius 3 is 1.69 bits per heavy atom. The zero-order chi connectivity index (χ0) is 22.3. The van der Waals surface area contributed by atoms with Crippen LogP contribution >= 0.6 is 0 Å². The summed E-state index contributed by atoms with van der Waals surface area (Å²) in [5, 5.41) is 0. The Morgan fingerprint density at radius 2 is 1.19 bits per heavy atom. The number of likely N-dealkylation sites (tertiary alicyclic amines) is 1. The van der Waals surface area contributed by atoms with E-state index in [-0.39, 0.29) is 11.8 Å². The van der Waals surface area contributed by atoms with E-state index < -0.39 is 0 Å². The molecule has 2 amide bonds. The number of rotatable bonds is 6. The van der Waals surface area contributed by atoms with Crippen LogP contribution in [0.5, 0.6) is 5.75 Å². The van der Waals surface area contributed by atoms with Crippen LogP contribution in [-0.2, 0) is 9.59 Å². The van der Waals surface area contributed by atoms with Gasteiger partial charge in [0.05, 0.1) is 20.2 Å². The Labute approximate surface area is 191 Å². The molecule has 0 saturated carbocycles. The third kappa shape index (κ3) is 5.92. The summed E-state index contributed by atoms with van der Waals surface area (Å²) in [4.78, 5) is 36.1. The molecule has 8 heteroatoms. The van der Waals surface area contributed by atoms with Crippen LogP contribution in [-0.4, -0.2) is 117 Å². The second-order valence-electron chi connectivity index (χ2n) is 9.06. The maximum absolute atomic E-state index is 12.8. The lowest BCUT2D eigenvalue weighted by Gasteiger charge is -2.39. The van der Waals surface area contributed by atoms with Crippen molar-refractivity contribution < 1.29 is 14.3 Å². The fourth-order valence-corrected chi connectivity index (χ4v) is 4.84. The van der Waals surface area contributed by atoms with Crippen molar-refractivity contribution >= 4 is 17.5 Å². The molecule has 0 spiro atoms. The molecule has 1 aromatic carbocycles. The van der Waals surface area contributed by atoms with E-state index in [1.807, 2.05) is 21.9 Å². The minimum Gasteiger partial charge on any atom is -0.497 e. The van der Waals surface area contributed by atoms with Crippen molar-refractivity contribution in [2.75, 3.05) is 90.5 Å². The molecule has 0 aromatic heterocycles. The maximum Gasteiger partial charge on any atom is 0.236 e. The predicted octanol–water partition coefficient (Wildman–Crippen LogP) is 0.974. The molecule has 3 saturated heterocycles. The molecule has 0 radical (unpaired) electrons. The van der Waals surface area contributed by atoms with Gasteiger partial charge in [0, 0.05) is 71.1 Å². The number of carbonyl (C=O) groups is 2. The molecular formula is C24H37N5O3. The first-order chi connectivity index (χ1) is 15.6. The van der Waals surface area contributed by atoms with Gasteiger partial charge in [0.2, 0.25) is 11.8 Å². The van der Waals surface area contributed by atoms with Gasteiger partial charge < -0.3 is 19.4 Å². The minimum atomic E-state index is 0.220. The minimum absolute atomic E-state index is 0.220. The number of hydrogen-bond acceptors (Lipinski definition) is 6. The molecule has 0 unspecified atom stereocenters. The van der Waals surface area contributed by atoms with Crippen molar-refractivity contribution in [1.29, 1.82) is 0 Å². The van der Waals surface area contributed by atoms with E-state index in [1.165, 1.54) is 12.1 Å². The SMILES string of the molecule is COc1ccc(N2CCN(C(=O)CN3CCN(CC(=O)N4CCCCC4)CC3)CC2)cc1. The number of anilines is 1. The van der Waals surface area contributed by atoms with Crippen molar-refractivity contribution in [3.8, 4) is 5.75 Å². The Morgan fingerprint density at radius 1 is 0.688 bits per heavy atom. The van der Waals surface area contributed by atoms with E-state index in [2.05, 4.69) is 26.8 Å². The summed E-state index contributed by atoms with van der Waals surface area (Å²) in [5.41, 5.74) is 1.17. The molecule has 0 atom stereocenters. The standard InChI is InChI=1S/C24H37N5O3/c1-32-22-7-5-21(6-8-22)27-15-17-29(18-16-27)24(31)20-26-13-11-25(12-14-26)19-23(30)28-9-3-2-4-10-28/h5-8H,2-4,9-20H2,1H3. The third-order valence-electron chi connectivity index (χ3n) is 6.96. The van der Waals surface area contributed by atoms with Crippen LogP contribution in [0, 0.1) is 0 Å². The third-order valence-corrected chi connectivity index (χ3v) is 6.96. The molecule has 176 valence electrons. The molecule has 0 N–H and O–H groups in total. The van der Waals surface area contributed by atoms with E-state index in [1.54, 1.807) is 7.11 Å². The topological polar surface area (TPSA) is 59.6 Å². The Balaban J connectivity index is 1.15. The van der Waals surface area contributed by atoms with E-state index in [0.29, 0.717) is 13.1 Å². The van der Waals surface area contributed by atoms with Crippen LogP contribution in [0.25, 0.3) is 0 Å². The molecule has 3 fully saturated rings. The van der Waals surface area contributed by atoms with Crippen LogP contribution in [0.2, 0.25) is 0 Å². The largest absolute Gasteiger partial charge is 0.497 e. The van der Waals surface area contributed by atoms with Crippen LogP contribution in [0.15, 0.2) is 24.3 Å². The van der Waals surface area contributed by atoms with Gasteiger partial charge in [-0.25, -0.2) is 0 Å². The number of methoxy groups -OCH3 is 1. The molecular weight excluding hydrogens is 406 g/mol. The zero-order valence-electron chi connectivity index (χ0n) is 19.4. The molecule has 32 heavy (non-hydrogen) atoms.